The Labute approximate surface area is 129 Å². The Kier molecular flexibility index (Phi) is 5.05. The smallest absolute Gasteiger partial charge is 0.124 e. The molecule has 3 aromatic rings. The second-order valence-electron chi connectivity index (χ2n) is 4.54. The van der Waals surface area contributed by atoms with E-state index in [-0.39, 0.29) is 12.4 Å². The van der Waals surface area contributed by atoms with Crippen LogP contribution >= 0.6 is 24.0 Å². The summed E-state index contributed by atoms with van der Waals surface area (Å²) < 4.78 is 2.22. The number of nitrogens with zero attached hydrogens (tertiary/aromatic N) is 2. The number of alkyl halides is 1. The van der Waals surface area contributed by atoms with Crippen molar-refractivity contribution < 1.29 is 0 Å². The standard InChI is InChI=1S/C16H15ClN2.ClH/c17-12-16-18-14-8-4-5-9-15(14)19(16)11-10-13-6-2-1-3-7-13;/h1-9H,10-12H2;1H. The monoisotopic (exact) mass is 306 g/mol. The van der Waals surface area contributed by atoms with Crippen LogP contribution in [0.25, 0.3) is 11.0 Å². The number of rotatable bonds is 4. The zero-order valence-electron chi connectivity index (χ0n) is 11.0. The molecule has 0 atom stereocenters. The summed E-state index contributed by atoms with van der Waals surface area (Å²) >= 11 is 6.00. The molecule has 0 spiro atoms. The summed E-state index contributed by atoms with van der Waals surface area (Å²) in [6.07, 6.45) is 0.991. The Bertz CT molecular complexity index is 677. The summed E-state index contributed by atoms with van der Waals surface area (Å²) in [5.41, 5.74) is 3.51. The first-order valence-corrected chi connectivity index (χ1v) is 6.96. The summed E-state index contributed by atoms with van der Waals surface area (Å²) in [5.74, 6) is 1.39. The second kappa shape index (κ2) is 6.78. The molecule has 0 saturated carbocycles. The molecule has 1 aromatic heterocycles. The lowest BCUT2D eigenvalue weighted by Gasteiger charge is -2.07. The van der Waals surface area contributed by atoms with Gasteiger partial charge < -0.3 is 4.57 Å². The minimum atomic E-state index is 0. The highest BCUT2D eigenvalue weighted by molar-refractivity contribution is 6.16. The van der Waals surface area contributed by atoms with Gasteiger partial charge in [-0.1, -0.05) is 42.5 Å². The molecule has 0 aliphatic rings. The van der Waals surface area contributed by atoms with Gasteiger partial charge in [0.25, 0.3) is 0 Å². The molecule has 0 aliphatic heterocycles. The molecule has 0 N–H and O–H groups in total. The van der Waals surface area contributed by atoms with Crippen LogP contribution in [0.1, 0.15) is 11.4 Å². The van der Waals surface area contributed by atoms with Gasteiger partial charge in [0, 0.05) is 6.54 Å². The Morgan fingerprint density at radius 1 is 0.950 bits per heavy atom. The zero-order chi connectivity index (χ0) is 13.1. The lowest BCUT2D eigenvalue weighted by Crippen LogP contribution is -2.05. The van der Waals surface area contributed by atoms with Crippen molar-refractivity contribution in [2.45, 2.75) is 18.8 Å². The van der Waals surface area contributed by atoms with E-state index in [1.54, 1.807) is 0 Å². The van der Waals surface area contributed by atoms with E-state index in [9.17, 15) is 0 Å². The third-order valence-electron chi connectivity index (χ3n) is 3.32. The normalized spacial score (nSPS) is 10.4. The maximum atomic E-state index is 6.00. The number of aryl methyl sites for hydroxylation is 2. The molecular formula is C16H16Cl2N2. The largest absolute Gasteiger partial charge is 0.327 e. The third kappa shape index (κ3) is 2.97. The van der Waals surface area contributed by atoms with Gasteiger partial charge in [-0.3, -0.25) is 0 Å². The summed E-state index contributed by atoms with van der Waals surface area (Å²) in [6, 6.07) is 18.7. The molecule has 0 unspecified atom stereocenters. The fourth-order valence-corrected chi connectivity index (χ4v) is 2.57. The highest BCUT2D eigenvalue weighted by Gasteiger charge is 2.08. The first kappa shape index (κ1) is 14.9. The molecule has 0 saturated heterocycles. The van der Waals surface area contributed by atoms with Gasteiger partial charge in [0.1, 0.15) is 5.82 Å². The van der Waals surface area contributed by atoms with Crippen LogP contribution in [-0.2, 0) is 18.8 Å². The van der Waals surface area contributed by atoms with Crippen molar-refractivity contribution in [1.29, 1.82) is 0 Å². The SMILES string of the molecule is Cl.ClCc1nc2ccccc2n1CCc1ccccc1. The van der Waals surface area contributed by atoms with E-state index in [2.05, 4.69) is 39.9 Å². The Balaban J connectivity index is 0.00000147. The number of hydrogen-bond donors (Lipinski definition) is 0. The van der Waals surface area contributed by atoms with Gasteiger partial charge in [0.2, 0.25) is 0 Å². The van der Waals surface area contributed by atoms with Crippen LogP contribution in [0.2, 0.25) is 0 Å². The maximum Gasteiger partial charge on any atom is 0.124 e. The summed E-state index contributed by atoms with van der Waals surface area (Å²) in [4.78, 5) is 4.57. The number of aromatic nitrogens is 2. The fourth-order valence-electron chi connectivity index (χ4n) is 2.36. The van der Waals surface area contributed by atoms with E-state index >= 15 is 0 Å². The summed E-state index contributed by atoms with van der Waals surface area (Å²) in [7, 11) is 0. The van der Waals surface area contributed by atoms with Crippen LogP contribution < -0.4 is 0 Å². The Morgan fingerprint density at radius 2 is 1.65 bits per heavy atom. The van der Waals surface area contributed by atoms with Gasteiger partial charge in [-0.2, -0.15) is 0 Å². The van der Waals surface area contributed by atoms with Gasteiger partial charge in [-0.05, 0) is 24.1 Å². The zero-order valence-corrected chi connectivity index (χ0v) is 12.6. The maximum absolute atomic E-state index is 6.00. The molecule has 0 bridgehead atoms. The van der Waals surface area contributed by atoms with Gasteiger partial charge in [-0.15, -0.1) is 24.0 Å². The van der Waals surface area contributed by atoms with Crippen molar-refractivity contribution in [2.75, 3.05) is 0 Å². The van der Waals surface area contributed by atoms with E-state index in [1.165, 1.54) is 5.56 Å². The molecule has 2 aromatic carbocycles. The molecule has 20 heavy (non-hydrogen) atoms. The van der Waals surface area contributed by atoms with Gasteiger partial charge in [0.15, 0.2) is 0 Å². The number of para-hydroxylation sites is 2. The predicted molar refractivity (Wildman–Crippen MR) is 86.7 cm³/mol. The van der Waals surface area contributed by atoms with E-state index in [4.69, 9.17) is 11.6 Å². The van der Waals surface area contributed by atoms with Crippen molar-refractivity contribution >= 4 is 35.0 Å². The van der Waals surface area contributed by atoms with Gasteiger partial charge in [-0.25, -0.2) is 4.98 Å². The number of hydrogen-bond acceptors (Lipinski definition) is 1. The molecule has 0 amide bonds. The van der Waals surface area contributed by atoms with Crippen molar-refractivity contribution in [1.82, 2.24) is 9.55 Å². The van der Waals surface area contributed by atoms with Crippen LogP contribution in [0.4, 0.5) is 0 Å². The second-order valence-corrected chi connectivity index (χ2v) is 4.80. The molecule has 104 valence electrons. The van der Waals surface area contributed by atoms with Gasteiger partial charge in [0.05, 0.1) is 16.9 Å². The first-order chi connectivity index (χ1) is 9.38. The number of halogens is 2. The van der Waals surface area contributed by atoms with Crippen LogP contribution in [-0.4, -0.2) is 9.55 Å². The van der Waals surface area contributed by atoms with Crippen molar-refractivity contribution in [3.8, 4) is 0 Å². The Morgan fingerprint density at radius 3 is 2.40 bits per heavy atom. The molecule has 0 fully saturated rings. The first-order valence-electron chi connectivity index (χ1n) is 6.42. The highest BCUT2D eigenvalue weighted by atomic mass is 35.5. The topological polar surface area (TPSA) is 17.8 Å². The molecule has 3 rings (SSSR count). The van der Waals surface area contributed by atoms with Crippen LogP contribution in [0.3, 0.4) is 0 Å². The number of imidazole rings is 1. The average Bonchev–Trinajstić information content (AvgIpc) is 2.84. The molecule has 0 radical (unpaired) electrons. The predicted octanol–water partition coefficient (Wildman–Crippen LogP) is 4.44. The average molecular weight is 307 g/mol. The summed E-state index contributed by atoms with van der Waals surface area (Å²) in [5, 5.41) is 0. The quantitative estimate of drug-likeness (QED) is 0.652. The van der Waals surface area contributed by atoms with Crippen LogP contribution in [0.5, 0.6) is 0 Å². The minimum absolute atomic E-state index is 0. The number of benzene rings is 2. The van der Waals surface area contributed by atoms with E-state index in [0.717, 1.165) is 29.8 Å². The molecule has 1 heterocycles. The van der Waals surface area contributed by atoms with Crippen molar-refractivity contribution in [3.63, 3.8) is 0 Å². The molecule has 4 heteroatoms. The summed E-state index contributed by atoms with van der Waals surface area (Å²) in [6.45, 7) is 0.909. The van der Waals surface area contributed by atoms with Crippen molar-refractivity contribution in [2.24, 2.45) is 0 Å². The lowest BCUT2D eigenvalue weighted by atomic mass is 10.1. The van der Waals surface area contributed by atoms with Crippen molar-refractivity contribution in [3.05, 3.63) is 66.0 Å². The van der Waals surface area contributed by atoms with Crippen LogP contribution in [0, 0.1) is 0 Å². The van der Waals surface area contributed by atoms with Gasteiger partial charge >= 0.3 is 0 Å². The molecule has 2 nitrogen and oxygen atoms in total. The third-order valence-corrected chi connectivity index (χ3v) is 3.56. The van der Waals surface area contributed by atoms with Crippen LogP contribution in [0.15, 0.2) is 54.6 Å². The minimum Gasteiger partial charge on any atom is -0.327 e. The van der Waals surface area contributed by atoms with E-state index in [0.29, 0.717) is 5.88 Å². The number of fused-ring (bicyclic) bond motifs is 1. The lowest BCUT2D eigenvalue weighted by molar-refractivity contribution is 0.688. The van der Waals surface area contributed by atoms with E-state index < -0.39 is 0 Å². The Hall–Kier alpha value is -1.51. The van der Waals surface area contributed by atoms with E-state index in [1.807, 2.05) is 24.3 Å². The molecular weight excluding hydrogens is 291 g/mol. The fraction of sp³-hybridized carbons (Fsp3) is 0.188. The molecule has 0 aliphatic carbocycles. The highest BCUT2D eigenvalue weighted by Crippen LogP contribution is 2.18.